The van der Waals surface area contributed by atoms with Crippen molar-refractivity contribution >= 4 is 21.6 Å². The van der Waals surface area contributed by atoms with Crippen LogP contribution in [0.5, 0.6) is 0 Å². The van der Waals surface area contributed by atoms with E-state index in [-0.39, 0.29) is 0 Å². The van der Waals surface area contributed by atoms with Crippen LogP contribution in [0, 0.1) is 19.8 Å². The first-order chi connectivity index (χ1) is 11.6. The van der Waals surface area contributed by atoms with Crippen molar-refractivity contribution in [1.82, 2.24) is 9.97 Å². The number of nitrogens with zero attached hydrogens (tertiary/aromatic N) is 2. The maximum atomic E-state index is 5.66. The van der Waals surface area contributed by atoms with E-state index in [0.29, 0.717) is 5.92 Å². The van der Waals surface area contributed by atoms with Crippen LogP contribution < -0.4 is 5.73 Å². The quantitative estimate of drug-likeness (QED) is 0.743. The molecule has 0 aliphatic heterocycles. The summed E-state index contributed by atoms with van der Waals surface area (Å²) in [6.07, 6.45) is 3.67. The average Bonchev–Trinajstić information content (AvgIpc) is 2.92. The molecule has 0 radical (unpaired) electrons. The SMILES string of the molecule is Cc1ccc(-c2ccc3nc(C4CC(CCN)C4)sc3c2)c(C)n1. The van der Waals surface area contributed by atoms with Gasteiger partial charge in [0.2, 0.25) is 0 Å². The number of rotatable bonds is 4. The van der Waals surface area contributed by atoms with Crippen molar-refractivity contribution in [2.45, 2.75) is 39.0 Å². The molecule has 0 saturated heterocycles. The molecule has 1 aliphatic carbocycles. The van der Waals surface area contributed by atoms with Crippen LogP contribution in [-0.2, 0) is 0 Å². The Hall–Kier alpha value is -1.78. The Kier molecular flexibility index (Phi) is 4.10. The lowest BCUT2D eigenvalue weighted by molar-refractivity contribution is 0.251. The van der Waals surface area contributed by atoms with Gasteiger partial charge in [-0.3, -0.25) is 4.98 Å². The molecular weight excluding hydrogens is 314 g/mol. The number of aryl methyl sites for hydroxylation is 2. The first-order valence-corrected chi connectivity index (χ1v) is 9.51. The Labute approximate surface area is 147 Å². The summed E-state index contributed by atoms with van der Waals surface area (Å²) in [6, 6.07) is 10.8. The monoisotopic (exact) mass is 337 g/mol. The van der Waals surface area contributed by atoms with Crippen molar-refractivity contribution in [3.05, 3.63) is 46.7 Å². The zero-order valence-electron chi connectivity index (χ0n) is 14.2. The van der Waals surface area contributed by atoms with E-state index in [1.165, 1.54) is 33.7 Å². The van der Waals surface area contributed by atoms with Crippen LogP contribution in [0.1, 0.15) is 41.6 Å². The normalized spacial score (nSPS) is 20.3. The van der Waals surface area contributed by atoms with Gasteiger partial charge in [0.1, 0.15) is 0 Å². The molecule has 1 fully saturated rings. The van der Waals surface area contributed by atoms with Crippen LogP contribution in [0.3, 0.4) is 0 Å². The van der Waals surface area contributed by atoms with E-state index in [4.69, 9.17) is 10.7 Å². The molecule has 0 atom stereocenters. The third kappa shape index (κ3) is 2.85. The van der Waals surface area contributed by atoms with Gasteiger partial charge in [-0.05, 0) is 69.3 Å². The molecular formula is C20H23N3S. The Balaban J connectivity index is 1.62. The Morgan fingerprint density at radius 3 is 2.71 bits per heavy atom. The fourth-order valence-electron chi connectivity index (χ4n) is 3.69. The second kappa shape index (κ2) is 6.26. The lowest BCUT2D eigenvalue weighted by Crippen LogP contribution is -2.24. The van der Waals surface area contributed by atoms with Crippen LogP contribution in [0.4, 0.5) is 0 Å². The number of fused-ring (bicyclic) bond motifs is 1. The van der Waals surface area contributed by atoms with E-state index in [1.54, 1.807) is 0 Å². The molecule has 24 heavy (non-hydrogen) atoms. The average molecular weight is 337 g/mol. The second-order valence-electron chi connectivity index (χ2n) is 6.93. The fourth-order valence-corrected chi connectivity index (χ4v) is 4.82. The topological polar surface area (TPSA) is 51.8 Å². The summed E-state index contributed by atoms with van der Waals surface area (Å²) in [5.41, 5.74) is 11.4. The van der Waals surface area contributed by atoms with Gasteiger partial charge in [0.25, 0.3) is 0 Å². The van der Waals surface area contributed by atoms with Crippen LogP contribution in [0.25, 0.3) is 21.3 Å². The predicted molar refractivity (Wildman–Crippen MR) is 101 cm³/mol. The van der Waals surface area contributed by atoms with Crippen molar-refractivity contribution in [2.24, 2.45) is 11.7 Å². The van der Waals surface area contributed by atoms with Crippen LogP contribution in [-0.4, -0.2) is 16.5 Å². The fraction of sp³-hybridized carbons (Fsp3) is 0.400. The molecule has 0 spiro atoms. The highest BCUT2D eigenvalue weighted by molar-refractivity contribution is 7.18. The highest BCUT2D eigenvalue weighted by Crippen LogP contribution is 2.45. The molecule has 2 heterocycles. The first-order valence-electron chi connectivity index (χ1n) is 8.69. The number of benzene rings is 1. The number of nitrogens with two attached hydrogens (primary N) is 1. The summed E-state index contributed by atoms with van der Waals surface area (Å²) in [7, 11) is 0. The molecule has 0 bridgehead atoms. The summed E-state index contributed by atoms with van der Waals surface area (Å²) >= 11 is 1.86. The molecule has 3 nitrogen and oxygen atoms in total. The third-order valence-electron chi connectivity index (χ3n) is 5.10. The molecule has 2 N–H and O–H groups in total. The van der Waals surface area contributed by atoms with Gasteiger partial charge in [0.15, 0.2) is 0 Å². The van der Waals surface area contributed by atoms with Gasteiger partial charge in [0, 0.05) is 22.9 Å². The number of hydrogen-bond donors (Lipinski definition) is 1. The van der Waals surface area contributed by atoms with Gasteiger partial charge in [-0.25, -0.2) is 4.98 Å². The van der Waals surface area contributed by atoms with Gasteiger partial charge >= 0.3 is 0 Å². The number of pyridine rings is 1. The molecule has 0 amide bonds. The van der Waals surface area contributed by atoms with Crippen LogP contribution in [0.15, 0.2) is 30.3 Å². The summed E-state index contributed by atoms with van der Waals surface area (Å²) in [4.78, 5) is 9.46. The molecule has 4 heteroatoms. The van der Waals surface area contributed by atoms with Crippen molar-refractivity contribution in [3.63, 3.8) is 0 Å². The summed E-state index contributed by atoms with van der Waals surface area (Å²) in [6.45, 7) is 4.92. The van der Waals surface area contributed by atoms with Crippen molar-refractivity contribution < 1.29 is 0 Å². The lowest BCUT2D eigenvalue weighted by atomic mass is 9.73. The molecule has 1 aliphatic rings. The Morgan fingerprint density at radius 1 is 1.12 bits per heavy atom. The standard InChI is InChI=1S/C20H23N3S/c1-12-3-5-17(13(2)22-12)15-4-6-18-19(11-15)24-20(23-18)16-9-14(10-16)7-8-21/h3-6,11,14,16H,7-10,21H2,1-2H3. The minimum absolute atomic E-state index is 0.644. The summed E-state index contributed by atoms with van der Waals surface area (Å²) in [5.74, 6) is 1.45. The van der Waals surface area contributed by atoms with Gasteiger partial charge in [-0.2, -0.15) is 0 Å². The molecule has 0 unspecified atom stereocenters. The molecule has 1 saturated carbocycles. The van der Waals surface area contributed by atoms with Gasteiger partial charge in [0.05, 0.1) is 15.2 Å². The molecule has 1 aromatic carbocycles. The molecule has 4 rings (SSSR count). The Bertz CT molecular complexity index is 878. The van der Waals surface area contributed by atoms with E-state index in [9.17, 15) is 0 Å². The van der Waals surface area contributed by atoms with Crippen LogP contribution >= 0.6 is 11.3 Å². The zero-order valence-corrected chi connectivity index (χ0v) is 15.1. The summed E-state index contributed by atoms with van der Waals surface area (Å²) < 4.78 is 1.28. The van der Waals surface area contributed by atoms with Gasteiger partial charge in [-0.15, -0.1) is 11.3 Å². The predicted octanol–water partition coefficient (Wildman–Crippen LogP) is 4.82. The molecule has 124 valence electrons. The molecule has 2 aromatic heterocycles. The van der Waals surface area contributed by atoms with Gasteiger partial charge in [-0.1, -0.05) is 12.1 Å². The van der Waals surface area contributed by atoms with Gasteiger partial charge < -0.3 is 5.73 Å². The van der Waals surface area contributed by atoms with Crippen LogP contribution in [0.2, 0.25) is 0 Å². The molecule has 3 aromatic rings. The maximum absolute atomic E-state index is 5.66. The minimum Gasteiger partial charge on any atom is -0.330 e. The summed E-state index contributed by atoms with van der Waals surface area (Å²) in [5, 5.41) is 1.30. The zero-order chi connectivity index (χ0) is 16.7. The van der Waals surface area contributed by atoms with E-state index in [0.717, 1.165) is 35.8 Å². The first kappa shape index (κ1) is 15.7. The van der Waals surface area contributed by atoms with E-state index in [2.05, 4.69) is 42.2 Å². The lowest BCUT2D eigenvalue weighted by Gasteiger charge is -2.33. The second-order valence-corrected chi connectivity index (χ2v) is 7.99. The van der Waals surface area contributed by atoms with Crippen molar-refractivity contribution in [2.75, 3.05) is 6.54 Å². The minimum atomic E-state index is 0.644. The number of hydrogen-bond acceptors (Lipinski definition) is 4. The highest BCUT2D eigenvalue weighted by atomic mass is 32.1. The third-order valence-corrected chi connectivity index (χ3v) is 6.28. The van der Waals surface area contributed by atoms with E-state index in [1.807, 2.05) is 18.3 Å². The Morgan fingerprint density at radius 2 is 1.96 bits per heavy atom. The smallest absolute Gasteiger partial charge is 0.0969 e. The number of aromatic nitrogens is 2. The maximum Gasteiger partial charge on any atom is 0.0969 e. The van der Waals surface area contributed by atoms with E-state index >= 15 is 0 Å². The van der Waals surface area contributed by atoms with E-state index < -0.39 is 0 Å². The number of thiazole rings is 1. The van der Waals surface area contributed by atoms with Crippen molar-refractivity contribution in [3.8, 4) is 11.1 Å². The van der Waals surface area contributed by atoms with Crippen molar-refractivity contribution in [1.29, 1.82) is 0 Å². The largest absolute Gasteiger partial charge is 0.330 e. The highest BCUT2D eigenvalue weighted by Gasteiger charge is 2.31.